The number of halogens is 4. The van der Waals surface area contributed by atoms with Gasteiger partial charge in [0, 0.05) is 6.42 Å². The molecule has 6 heteroatoms. The lowest BCUT2D eigenvalue weighted by atomic mass is 9.86. The van der Waals surface area contributed by atoms with Crippen molar-refractivity contribution < 1.29 is 27.5 Å². The molecule has 0 amide bonds. The minimum absolute atomic E-state index is 0.177. The molecule has 0 aliphatic heterocycles. The van der Waals surface area contributed by atoms with E-state index in [1.54, 1.807) is 0 Å². The van der Waals surface area contributed by atoms with E-state index in [2.05, 4.69) is 0 Å². The van der Waals surface area contributed by atoms with Crippen molar-refractivity contribution in [3.05, 3.63) is 35.9 Å². The molecule has 1 aromatic rings. The van der Waals surface area contributed by atoms with E-state index < -0.39 is 30.2 Å². The fourth-order valence-corrected chi connectivity index (χ4v) is 2.22. The van der Waals surface area contributed by atoms with Gasteiger partial charge in [0.2, 0.25) is 0 Å². The summed E-state index contributed by atoms with van der Waals surface area (Å²) in [6, 6.07) is 6.60. The third-order valence-electron chi connectivity index (χ3n) is 3.57. The summed E-state index contributed by atoms with van der Waals surface area (Å²) in [6.07, 6.45) is -6.23. The van der Waals surface area contributed by atoms with Gasteiger partial charge in [-0.2, -0.15) is 13.2 Å². The maximum atomic E-state index is 14.6. The number of benzene rings is 1. The van der Waals surface area contributed by atoms with Crippen LogP contribution in [0.2, 0.25) is 0 Å². The van der Waals surface area contributed by atoms with Gasteiger partial charge in [-0.3, -0.25) is 4.79 Å². The molecule has 0 fully saturated rings. The van der Waals surface area contributed by atoms with E-state index in [0.717, 1.165) is 25.0 Å². The Kier molecular flexibility index (Phi) is 6.53. The Balaban J connectivity index is 2.98. The first-order chi connectivity index (χ1) is 10.2. The van der Waals surface area contributed by atoms with Gasteiger partial charge < -0.3 is 5.11 Å². The standard InChI is InChI=1S/C16H20F4O2/c1-2-3-4-8-11-13(21)15(17,16(18,19)20)14(22)12-9-6-5-7-10-12/h5-7,9-10,14,22H,2-4,8,11H2,1H3/t14-,15+/m1/s1. The molecule has 0 unspecified atom stereocenters. The van der Waals surface area contributed by atoms with E-state index in [9.17, 15) is 27.5 Å². The highest BCUT2D eigenvalue weighted by molar-refractivity contribution is 5.89. The minimum atomic E-state index is -5.47. The SMILES string of the molecule is CCCCCCC(=O)[C@](F)([C@H](O)c1ccccc1)C(F)(F)F. The maximum absolute atomic E-state index is 14.6. The van der Waals surface area contributed by atoms with Crippen LogP contribution in [-0.4, -0.2) is 22.7 Å². The van der Waals surface area contributed by atoms with Crippen LogP contribution in [0.5, 0.6) is 0 Å². The van der Waals surface area contributed by atoms with Gasteiger partial charge in [-0.1, -0.05) is 56.5 Å². The van der Waals surface area contributed by atoms with Crippen LogP contribution in [0.4, 0.5) is 17.6 Å². The molecule has 0 spiro atoms. The fourth-order valence-electron chi connectivity index (χ4n) is 2.22. The average Bonchev–Trinajstić information content (AvgIpc) is 2.49. The van der Waals surface area contributed by atoms with E-state index in [1.165, 1.54) is 18.2 Å². The number of carbonyl (C=O) groups is 1. The molecule has 1 rings (SSSR count). The summed E-state index contributed by atoms with van der Waals surface area (Å²) in [5, 5.41) is 9.83. The number of unbranched alkanes of at least 4 members (excludes halogenated alkanes) is 3. The van der Waals surface area contributed by atoms with Crippen molar-refractivity contribution in [1.82, 2.24) is 0 Å². The van der Waals surface area contributed by atoms with Crippen LogP contribution in [0.1, 0.15) is 50.7 Å². The third-order valence-corrected chi connectivity index (χ3v) is 3.57. The molecular weight excluding hydrogens is 300 g/mol. The number of aliphatic hydroxyl groups is 1. The van der Waals surface area contributed by atoms with Gasteiger partial charge in [0.05, 0.1) is 0 Å². The second kappa shape index (κ2) is 7.72. The topological polar surface area (TPSA) is 37.3 Å². The summed E-state index contributed by atoms with van der Waals surface area (Å²) >= 11 is 0. The quantitative estimate of drug-likeness (QED) is 0.564. The molecule has 0 radical (unpaired) electrons. The van der Waals surface area contributed by atoms with E-state index in [4.69, 9.17) is 0 Å². The normalized spacial score (nSPS) is 16.1. The van der Waals surface area contributed by atoms with Crippen LogP contribution in [0.25, 0.3) is 0 Å². The molecule has 0 aromatic heterocycles. The highest BCUT2D eigenvalue weighted by Gasteiger charge is 2.65. The lowest BCUT2D eigenvalue weighted by molar-refractivity contribution is -0.252. The van der Waals surface area contributed by atoms with Crippen LogP contribution >= 0.6 is 0 Å². The first-order valence-corrected chi connectivity index (χ1v) is 7.27. The van der Waals surface area contributed by atoms with E-state index in [1.807, 2.05) is 6.92 Å². The van der Waals surface area contributed by atoms with Crippen LogP contribution in [0.3, 0.4) is 0 Å². The van der Waals surface area contributed by atoms with Crippen molar-refractivity contribution in [3.63, 3.8) is 0 Å². The molecule has 0 heterocycles. The molecular formula is C16H20F4O2. The first-order valence-electron chi connectivity index (χ1n) is 7.27. The number of aliphatic hydroxyl groups excluding tert-OH is 1. The Hall–Kier alpha value is -1.43. The number of alkyl halides is 4. The predicted octanol–water partition coefficient (Wildman–Crippen LogP) is 4.53. The summed E-state index contributed by atoms with van der Waals surface area (Å²) in [5.41, 5.74) is -4.55. The zero-order valence-corrected chi connectivity index (χ0v) is 12.4. The highest BCUT2D eigenvalue weighted by atomic mass is 19.4. The number of hydrogen-bond acceptors (Lipinski definition) is 2. The summed E-state index contributed by atoms with van der Waals surface area (Å²) in [5.74, 6) is -1.62. The van der Waals surface area contributed by atoms with Gasteiger partial charge >= 0.3 is 6.18 Å². The summed E-state index contributed by atoms with van der Waals surface area (Å²) in [7, 11) is 0. The summed E-state index contributed by atoms with van der Waals surface area (Å²) < 4.78 is 53.9. The monoisotopic (exact) mass is 320 g/mol. The number of carbonyl (C=O) groups excluding carboxylic acids is 1. The largest absolute Gasteiger partial charge is 0.432 e. The summed E-state index contributed by atoms with van der Waals surface area (Å²) in [4.78, 5) is 11.8. The van der Waals surface area contributed by atoms with Gasteiger partial charge in [0.1, 0.15) is 6.10 Å². The second-order valence-corrected chi connectivity index (χ2v) is 5.26. The summed E-state index contributed by atoms with van der Waals surface area (Å²) in [6.45, 7) is 1.91. The Labute approximate surface area is 127 Å². The van der Waals surface area contributed by atoms with Crippen LogP contribution in [0, 0.1) is 0 Å². The van der Waals surface area contributed by atoms with Crippen molar-refractivity contribution in [1.29, 1.82) is 0 Å². The third kappa shape index (κ3) is 4.06. The molecule has 0 saturated heterocycles. The van der Waals surface area contributed by atoms with Gasteiger partial charge in [-0.15, -0.1) is 0 Å². The molecule has 0 saturated carbocycles. The molecule has 22 heavy (non-hydrogen) atoms. The fraction of sp³-hybridized carbons (Fsp3) is 0.562. The Morgan fingerprint density at radius 3 is 2.18 bits per heavy atom. The molecule has 1 aromatic carbocycles. The number of ketones is 1. The molecule has 2 nitrogen and oxygen atoms in total. The van der Waals surface area contributed by atoms with Gasteiger partial charge in [0.15, 0.2) is 5.78 Å². The molecule has 1 N–H and O–H groups in total. The van der Waals surface area contributed by atoms with Crippen molar-refractivity contribution in [2.75, 3.05) is 0 Å². The Morgan fingerprint density at radius 1 is 1.09 bits per heavy atom. The van der Waals surface area contributed by atoms with E-state index >= 15 is 0 Å². The second-order valence-electron chi connectivity index (χ2n) is 5.26. The van der Waals surface area contributed by atoms with Gasteiger partial charge in [0.25, 0.3) is 5.67 Å². The predicted molar refractivity (Wildman–Crippen MR) is 75.1 cm³/mol. The van der Waals surface area contributed by atoms with E-state index in [-0.39, 0.29) is 12.0 Å². The van der Waals surface area contributed by atoms with E-state index in [0.29, 0.717) is 6.42 Å². The average molecular weight is 320 g/mol. The number of rotatable bonds is 8. The molecule has 0 bridgehead atoms. The molecule has 2 atom stereocenters. The molecule has 0 aliphatic rings. The Bertz CT molecular complexity index is 473. The van der Waals surface area contributed by atoms with Crippen molar-refractivity contribution >= 4 is 5.78 Å². The van der Waals surface area contributed by atoms with Crippen LogP contribution < -0.4 is 0 Å². The van der Waals surface area contributed by atoms with Crippen molar-refractivity contribution in [2.24, 2.45) is 0 Å². The Morgan fingerprint density at radius 2 is 1.68 bits per heavy atom. The van der Waals surface area contributed by atoms with Crippen LogP contribution in [-0.2, 0) is 4.79 Å². The number of hydrogen-bond donors (Lipinski definition) is 1. The minimum Gasteiger partial charge on any atom is -0.384 e. The zero-order valence-electron chi connectivity index (χ0n) is 12.4. The van der Waals surface area contributed by atoms with Gasteiger partial charge in [-0.25, -0.2) is 4.39 Å². The zero-order chi connectivity index (χ0) is 16.8. The lowest BCUT2D eigenvalue weighted by Crippen LogP contribution is -2.52. The first kappa shape index (κ1) is 18.6. The lowest BCUT2D eigenvalue weighted by Gasteiger charge is -2.31. The highest BCUT2D eigenvalue weighted by Crippen LogP contribution is 2.44. The number of Topliss-reactive ketones (excluding diaryl/α,β-unsaturated/α-hetero) is 1. The van der Waals surface area contributed by atoms with Crippen molar-refractivity contribution in [3.8, 4) is 0 Å². The maximum Gasteiger partial charge on any atom is 0.432 e. The van der Waals surface area contributed by atoms with Gasteiger partial charge in [-0.05, 0) is 12.0 Å². The van der Waals surface area contributed by atoms with Crippen molar-refractivity contribution in [2.45, 2.75) is 57.0 Å². The molecule has 0 aliphatic carbocycles. The van der Waals surface area contributed by atoms with Crippen LogP contribution in [0.15, 0.2) is 30.3 Å². The smallest absolute Gasteiger partial charge is 0.384 e. The molecule has 124 valence electrons.